The van der Waals surface area contributed by atoms with Crippen LogP contribution in [-0.4, -0.2) is 26.1 Å². The van der Waals surface area contributed by atoms with Gasteiger partial charge in [-0.15, -0.1) is 10.2 Å². The molecule has 3 aromatic rings. The normalized spacial score (nSPS) is 10.5. The Morgan fingerprint density at radius 3 is 2.90 bits per heavy atom. The average molecular weight is 284 g/mol. The van der Waals surface area contributed by atoms with Crippen molar-refractivity contribution >= 4 is 5.91 Å². The van der Waals surface area contributed by atoms with E-state index < -0.39 is 5.91 Å². The quantitative estimate of drug-likeness (QED) is 0.412. The van der Waals surface area contributed by atoms with Crippen LogP contribution in [0, 0.1) is 0 Å². The number of hydrogen-bond acceptors (Lipinski definition) is 6. The van der Waals surface area contributed by atoms with Gasteiger partial charge in [-0.3, -0.25) is 10.2 Å². The number of aromatic nitrogens is 4. The fraction of sp³-hybridized carbons (Fsp3) is 0.0769. The number of benzene rings is 1. The number of carbonyl (C=O) groups is 1. The highest BCUT2D eigenvalue weighted by Gasteiger charge is 2.11. The van der Waals surface area contributed by atoms with Gasteiger partial charge in [0.2, 0.25) is 5.82 Å². The molecular formula is C13H12N6O2. The van der Waals surface area contributed by atoms with E-state index in [1.165, 1.54) is 11.1 Å². The van der Waals surface area contributed by atoms with Crippen molar-refractivity contribution in [1.82, 2.24) is 25.6 Å². The third-order valence-corrected chi connectivity index (χ3v) is 2.83. The van der Waals surface area contributed by atoms with E-state index in [0.29, 0.717) is 17.1 Å². The minimum atomic E-state index is -0.415. The molecule has 2 aromatic heterocycles. The van der Waals surface area contributed by atoms with Crippen LogP contribution < -0.4 is 11.3 Å². The smallest absolute Gasteiger partial charge is 0.268 e. The summed E-state index contributed by atoms with van der Waals surface area (Å²) in [6.07, 6.45) is 1.33. The Morgan fingerprint density at radius 2 is 2.14 bits per heavy atom. The number of amides is 1. The topological polar surface area (TPSA) is 112 Å². The highest BCUT2D eigenvalue weighted by Crippen LogP contribution is 2.13. The Kier molecular flexibility index (Phi) is 3.44. The third kappa shape index (κ3) is 2.79. The lowest BCUT2D eigenvalue weighted by molar-refractivity contribution is 0.0953. The van der Waals surface area contributed by atoms with Crippen molar-refractivity contribution in [2.24, 2.45) is 5.84 Å². The molecule has 0 atom stereocenters. The first-order valence-corrected chi connectivity index (χ1v) is 6.18. The number of nitrogens with one attached hydrogen (secondary N) is 1. The van der Waals surface area contributed by atoms with Crippen LogP contribution in [0.2, 0.25) is 0 Å². The van der Waals surface area contributed by atoms with Gasteiger partial charge in [0.05, 0.1) is 5.56 Å². The Bertz CT molecular complexity index is 749. The van der Waals surface area contributed by atoms with Crippen LogP contribution in [0.15, 0.2) is 47.1 Å². The van der Waals surface area contributed by atoms with Gasteiger partial charge in [0.25, 0.3) is 5.91 Å². The predicted octanol–water partition coefficient (Wildman–Crippen LogP) is 0.585. The van der Waals surface area contributed by atoms with Crippen LogP contribution in [0.4, 0.5) is 0 Å². The largest absolute Gasteiger partial charge is 0.466 e. The summed E-state index contributed by atoms with van der Waals surface area (Å²) in [5.41, 5.74) is 3.26. The van der Waals surface area contributed by atoms with E-state index in [1.54, 1.807) is 6.07 Å². The molecule has 8 nitrogen and oxygen atoms in total. The van der Waals surface area contributed by atoms with Crippen LogP contribution in [-0.2, 0) is 6.54 Å². The number of nitrogens with two attached hydrogens (primary N) is 1. The lowest BCUT2D eigenvalue weighted by Crippen LogP contribution is -2.29. The zero-order chi connectivity index (χ0) is 14.7. The summed E-state index contributed by atoms with van der Waals surface area (Å²) < 4.78 is 5.26. The summed E-state index contributed by atoms with van der Waals surface area (Å²) in [6.45, 7) is 0.275. The van der Waals surface area contributed by atoms with E-state index in [4.69, 9.17) is 10.3 Å². The second-order valence-electron chi connectivity index (χ2n) is 4.28. The van der Waals surface area contributed by atoms with E-state index in [9.17, 15) is 4.79 Å². The predicted molar refractivity (Wildman–Crippen MR) is 72.7 cm³/mol. The molecule has 0 saturated heterocycles. The van der Waals surface area contributed by atoms with Crippen molar-refractivity contribution in [3.63, 3.8) is 0 Å². The number of nitrogens with zero attached hydrogens (tertiary/aromatic N) is 4. The molecule has 0 aliphatic rings. The zero-order valence-electron chi connectivity index (χ0n) is 10.9. The molecule has 0 spiro atoms. The van der Waals surface area contributed by atoms with Gasteiger partial charge in [-0.25, -0.2) is 5.84 Å². The fourth-order valence-corrected chi connectivity index (χ4v) is 1.82. The number of tetrazole rings is 1. The van der Waals surface area contributed by atoms with Crippen LogP contribution >= 0.6 is 0 Å². The molecule has 0 aliphatic carbocycles. The summed E-state index contributed by atoms with van der Waals surface area (Å²) in [5.74, 6) is 5.70. The third-order valence-electron chi connectivity index (χ3n) is 2.83. The molecule has 0 radical (unpaired) electrons. The Hall–Kier alpha value is -3.00. The van der Waals surface area contributed by atoms with Crippen LogP contribution in [0.3, 0.4) is 0 Å². The summed E-state index contributed by atoms with van der Waals surface area (Å²) in [4.78, 5) is 12.7. The second kappa shape index (κ2) is 5.55. The first-order chi connectivity index (χ1) is 10.3. The molecular weight excluding hydrogens is 272 g/mol. The van der Waals surface area contributed by atoms with Gasteiger partial charge in [0.15, 0.2) is 0 Å². The van der Waals surface area contributed by atoms with Gasteiger partial charge in [0, 0.05) is 5.56 Å². The van der Waals surface area contributed by atoms with Gasteiger partial charge in [-0.05, 0) is 11.3 Å². The SMILES string of the molecule is NNC(=O)c1coc(Cn2nnc(-c3ccccc3)n2)c1. The summed E-state index contributed by atoms with van der Waals surface area (Å²) in [5, 5.41) is 12.2. The lowest BCUT2D eigenvalue weighted by atomic mass is 10.2. The van der Waals surface area contributed by atoms with Crippen molar-refractivity contribution in [2.45, 2.75) is 6.54 Å². The highest BCUT2D eigenvalue weighted by molar-refractivity contribution is 5.93. The summed E-state index contributed by atoms with van der Waals surface area (Å²) in [7, 11) is 0. The van der Waals surface area contributed by atoms with Crippen LogP contribution in [0.5, 0.6) is 0 Å². The standard InChI is InChI=1S/C13H12N6O2/c14-15-13(20)10-6-11(21-8-10)7-19-17-12(16-18-19)9-4-2-1-3-5-9/h1-6,8H,7,14H2,(H,15,20). The van der Waals surface area contributed by atoms with E-state index in [2.05, 4.69) is 15.4 Å². The van der Waals surface area contributed by atoms with Gasteiger partial charge in [0.1, 0.15) is 18.6 Å². The molecule has 0 aliphatic heterocycles. The Labute approximate surface area is 119 Å². The molecule has 0 bridgehead atoms. The summed E-state index contributed by atoms with van der Waals surface area (Å²) in [6, 6.07) is 11.1. The molecule has 106 valence electrons. The molecule has 3 N–H and O–H groups in total. The lowest BCUT2D eigenvalue weighted by Gasteiger charge is -1.94. The number of hydrazine groups is 1. The monoisotopic (exact) mass is 284 g/mol. The van der Waals surface area contributed by atoms with Crippen molar-refractivity contribution < 1.29 is 9.21 Å². The number of furan rings is 1. The maximum Gasteiger partial charge on any atom is 0.268 e. The van der Waals surface area contributed by atoms with Crippen LogP contribution in [0.25, 0.3) is 11.4 Å². The molecule has 0 saturated carbocycles. The Balaban J connectivity index is 1.76. The van der Waals surface area contributed by atoms with Crippen molar-refractivity contribution in [3.05, 3.63) is 54.0 Å². The van der Waals surface area contributed by atoms with E-state index in [1.807, 2.05) is 35.8 Å². The molecule has 1 aromatic carbocycles. The fourth-order valence-electron chi connectivity index (χ4n) is 1.82. The van der Waals surface area contributed by atoms with Gasteiger partial charge < -0.3 is 4.42 Å². The average Bonchev–Trinajstić information content (AvgIpc) is 3.17. The number of rotatable bonds is 4. The number of carbonyl (C=O) groups excluding carboxylic acids is 1. The van der Waals surface area contributed by atoms with Crippen molar-refractivity contribution in [3.8, 4) is 11.4 Å². The van der Waals surface area contributed by atoms with Crippen molar-refractivity contribution in [2.75, 3.05) is 0 Å². The minimum Gasteiger partial charge on any atom is -0.466 e. The second-order valence-corrected chi connectivity index (χ2v) is 4.28. The first kappa shape index (κ1) is 13.0. The van der Waals surface area contributed by atoms with Gasteiger partial charge in [-0.1, -0.05) is 30.3 Å². The van der Waals surface area contributed by atoms with Gasteiger partial charge >= 0.3 is 0 Å². The minimum absolute atomic E-state index is 0.275. The Morgan fingerprint density at radius 1 is 1.33 bits per heavy atom. The van der Waals surface area contributed by atoms with Crippen LogP contribution in [0.1, 0.15) is 16.1 Å². The molecule has 0 unspecified atom stereocenters. The molecule has 21 heavy (non-hydrogen) atoms. The maximum absolute atomic E-state index is 11.3. The molecule has 1 amide bonds. The van der Waals surface area contributed by atoms with Crippen molar-refractivity contribution in [1.29, 1.82) is 0 Å². The maximum atomic E-state index is 11.3. The molecule has 0 fully saturated rings. The summed E-state index contributed by atoms with van der Waals surface area (Å²) >= 11 is 0. The highest BCUT2D eigenvalue weighted by atomic mass is 16.3. The van der Waals surface area contributed by atoms with E-state index >= 15 is 0 Å². The van der Waals surface area contributed by atoms with Gasteiger partial charge in [-0.2, -0.15) is 4.80 Å². The zero-order valence-corrected chi connectivity index (χ0v) is 10.9. The van der Waals surface area contributed by atoms with E-state index in [0.717, 1.165) is 5.56 Å². The molecule has 2 heterocycles. The first-order valence-electron chi connectivity index (χ1n) is 6.18. The molecule has 8 heteroatoms. The molecule has 3 rings (SSSR count). The number of nitrogen functional groups attached to an aromatic ring is 1. The van der Waals surface area contributed by atoms with E-state index in [-0.39, 0.29) is 6.54 Å². The number of hydrogen-bond donors (Lipinski definition) is 2.